The van der Waals surface area contributed by atoms with E-state index in [-0.39, 0.29) is 5.97 Å². The van der Waals surface area contributed by atoms with E-state index in [1.54, 1.807) is 20.8 Å². The number of hydrogen-bond donors (Lipinski definition) is 0. The zero-order chi connectivity index (χ0) is 12.3. The third kappa shape index (κ3) is 2.99. The summed E-state index contributed by atoms with van der Waals surface area (Å²) in [5.41, 5.74) is -0.537. The number of terminal acetylenes is 1. The molecule has 88 valence electrons. The maximum atomic E-state index is 11.8. The Bertz CT molecular complexity index is 335. The van der Waals surface area contributed by atoms with Crippen LogP contribution in [0.5, 0.6) is 0 Å². The first-order valence-electron chi connectivity index (χ1n) is 5.35. The Kier molecular flexibility index (Phi) is 3.58. The molecule has 4 nitrogen and oxygen atoms in total. The maximum absolute atomic E-state index is 11.8. The van der Waals surface area contributed by atoms with Crippen LogP contribution in [0.15, 0.2) is 0 Å². The average molecular weight is 223 g/mol. The third-order valence-corrected chi connectivity index (χ3v) is 2.32. The van der Waals surface area contributed by atoms with Gasteiger partial charge in [0.25, 0.3) is 5.91 Å². The van der Waals surface area contributed by atoms with Crippen LogP contribution < -0.4 is 0 Å². The highest BCUT2D eigenvalue weighted by molar-refractivity contribution is 5.96. The van der Waals surface area contributed by atoms with Gasteiger partial charge in [-0.15, -0.1) is 6.42 Å². The Morgan fingerprint density at radius 3 is 2.56 bits per heavy atom. The van der Waals surface area contributed by atoms with Crippen molar-refractivity contribution in [2.45, 2.75) is 45.3 Å². The van der Waals surface area contributed by atoms with E-state index in [1.165, 1.54) is 4.90 Å². The highest BCUT2D eigenvalue weighted by Gasteiger charge is 2.36. The molecular formula is C12H17NO3. The van der Waals surface area contributed by atoms with E-state index < -0.39 is 17.6 Å². The van der Waals surface area contributed by atoms with Gasteiger partial charge >= 0.3 is 5.97 Å². The van der Waals surface area contributed by atoms with Crippen LogP contribution in [0, 0.1) is 12.3 Å². The van der Waals surface area contributed by atoms with Crippen LogP contribution in [0.1, 0.15) is 33.6 Å². The minimum absolute atomic E-state index is 0.367. The Labute approximate surface area is 95.9 Å². The molecule has 1 atom stereocenters. The summed E-state index contributed by atoms with van der Waals surface area (Å²) in [5.74, 6) is 1.23. The molecule has 16 heavy (non-hydrogen) atoms. The number of hydrogen-bond acceptors (Lipinski definition) is 3. The highest BCUT2D eigenvalue weighted by Crippen LogP contribution is 2.20. The van der Waals surface area contributed by atoms with Gasteiger partial charge in [-0.25, -0.2) is 4.79 Å². The van der Waals surface area contributed by atoms with Gasteiger partial charge in [-0.3, -0.25) is 4.79 Å². The van der Waals surface area contributed by atoms with Crippen molar-refractivity contribution in [3.05, 3.63) is 0 Å². The van der Waals surface area contributed by atoms with Gasteiger partial charge in [-0.2, -0.15) is 0 Å². The van der Waals surface area contributed by atoms with Gasteiger partial charge in [0.15, 0.2) is 0 Å². The molecule has 1 fully saturated rings. The maximum Gasteiger partial charge on any atom is 0.329 e. The van der Waals surface area contributed by atoms with E-state index in [4.69, 9.17) is 11.2 Å². The number of rotatable bonds is 1. The van der Waals surface area contributed by atoms with Gasteiger partial charge in [0, 0.05) is 6.54 Å². The molecule has 0 aromatic rings. The first-order chi connectivity index (χ1) is 7.35. The number of likely N-dealkylation sites (tertiary alicyclic amines) is 1. The van der Waals surface area contributed by atoms with Gasteiger partial charge in [0.2, 0.25) is 0 Å². The molecule has 1 aliphatic heterocycles. The molecule has 1 heterocycles. The van der Waals surface area contributed by atoms with Crippen molar-refractivity contribution in [3.63, 3.8) is 0 Å². The van der Waals surface area contributed by atoms with Crippen molar-refractivity contribution >= 4 is 11.9 Å². The van der Waals surface area contributed by atoms with Crippen LogP contribution in [-0.2, 0) is 14.3 Å². The molecule has 0 aromatic carbocycles. The topological polar surface area (TPSA) is 46.6 Å². The van der Waals surface area contributed by atoms with Gasteiger partial charge in [-0.05, 0) is 39.5 Å². The zero-order valence-electron chi connectivity index (χ0n) is 9.95. The minimum Gasteiger partial charge on any atom is -0.458 e. The number of nitrogens with zero attached hydrogens (tertiary/aromatic N) is 1. The third-order valence-electron chi connectivity index (χ3n) is 2.32. The smallest absolute Gasteiger partial charge is 0.329 e. The average Bonchev–Trinajstić information content (AvgIpc) is 2.62. The van der Waals surface area contributed by atoms with Crippen molar-refractivity contribution in [2.24, 2.45) is 0 Å². The lowest BCUT2D eigenvalue weighted by Gasteiger charge is -2.26. The normalized spacial score (nSPS) is 20.4. The van der Waals surface area contributed by atoms with E-state index in [9.17, 15) is 9.59 Å². The molecule has 0 saturated carbocycles. The van der Waals surface area contributed by atoms with Crippen LogP contribution >= 0.6 is 0 Å². The van der Waals surface area contributed by atoms with Gasteiger partial charge in [-0.1, -0.05) is 0 Å². The second-order valence-electron chi connectivity index (χ2n) is 4.83. The Morgan fingerprint density at radius 1 is 1.44 bits per heavy atom. The number of amides is 1. The molecule has 0 N–H and O–H groups in total. The van der Waals surface area contributed by atoms with Gasteiger partial charge < -0.3 is 9.64 Å². The molecule has 0 unspecified atom stereocenters. The molecular weight excluding hydrogens is 206 g/mol. The number of carbonyl (C=O) groups excluding carboxylic acids is 2. The number of esters is 1. The predicted molar refractivity (Wildman–Crippen MR) is 59.4 cm³/mol. The monoisotopic (exact) mass is 223 g/mol. The van der Waals surface area contributed by atoms with Gasteiger partial charge in [0.1, 0.15) is 11.6 Å². The molecule has 0 bridgehead atoms. The minimum atomic E-state index is -0.537. The summed E-state index contributed by atoms with van der Waals surface area (Å²) in [6.07, 6.45) is 6.46. The quantitative estimate of drug-likeness (QED) is 0.491. The lowest BCUT2D eigenvalue weighted by molar-refractivity contribution is -0.162. The molecule has 1 rings (SSSR count). The molecule has 0 radical (unpaired) electrons. The van der Waals surface area contributed by atoms with Crippen molar-refractivity contribution in [3.8, 4) is 12.3 Å². The molecule has 0 aliphatic carbocycles. The van der Waals surface area contributed by atoms with Crippen molar-refractivity contribution in [1.29, 1.82) is 0 Å². The Hall–Kier alpha value is -1.50. The SMILES string of the molecule is C#CC(=O)N1CCC[C@@H]1C(=O)OC(C)(C)C. The zero-order valence-corrected chi connectivity index (χ0v) is 9.95. The first kappa shape index (κ1) is 12.6. The van der Waals surface area contributed by atoms with E-state index in [2.05, 4.69) is 0 Å². The fourth-order valence-corrected chi connectivity index (χ4v) is 1.71. The van der Waals surface area contributed by atoms with Gasteiger partial charge in [0.05, 0.1) is 0 Å². The van der Waals surface area contributed by atoms with Crippen LogP contribution in [0.2, 0.25) is 0 Å². The standard InChI is InChI=1S/C12H17NO3/c1-5-10(14)13-8-6-7-9(13)11(15)16-12(2,3)4/h1,9H,6-8H2,2-4H3/t9-/m1/s1. The summed E-state index contributed by atoms with van der Waals surface area (Å²) in [6, 6.07) is -0.511. The van der Waals surface area contributed by atoms with E-state index >= 15 is 0 Å². The fraction of sp³-hybridized carbons (Fsp3) is 0.667. The van der Waals surface area contributed by atoms with Crippen LogP contribution in [-0.4, -0.2) is 35.0 Å². The summed E-state index contributed by atoms with van der Waals surface area (Å²) < 4.78 is 5.25. The second-order valence-corrected chi connectivity index (χ2v) is 4.83. The lowest BCUT2D eigenvalue weighted by atomic mass is 10.1. The van der Waals surface area contributed by atoms with E-state index in [1.807, 2.05) is 5.92 Å². The number of ether oxygens (including phenoxy) is 1. The van der Waals surface area contributed by atoms with Crippen LogP contribution in [0.3, 0.4) is 0 Å². The fourth-order valence-electron chi connectivity index (χ4n) is 1.71. The second kappa shape index (κ2) is 4.56. The first-order valence-corrected chi connectivity index (χ1v) is 5.35. The summed E-state index contributed by atoms with van der Waals surface area (Å²) in [4.78, 5) is 24.6. The summed E-state index contributed by atoms with van der Waals surface area (Å²) in [5, 5.41) is 0. The highest BCUT2D eigenvalue weighted by atomic mass is 16.6. The summed E-state index contributed by atoms with van der Waals surface area (Å²) in [7, 11) is 0. The van der Waals surface area contributed by atoms with Crippen molar-refractivity contribution in [2.75, 3.05) is 6.54 Å². The Morgan fingerprint density at radius 2 is 2.06 bits per heavy atom. The molecule has 1 saturated heterocycles. The molecule has 1 amide bonds. The lowest BCUT2D eigenvalue weighted by Crippen LogP contribution is -2.43. The van der Waals surface area contributed by atoms with Crippen LogP contribution in [0.4, 0.5) is 0 Å². The number of carbonyl (C=O) groups is 2. The molecule has 0 spiro atoms. The van der Waals surface area contributed by atoms with Crippen LogP contribution in [0.25, 0.3) is 0 Å². The van der Waals surface area contributed by atoms with Crippen molar-refractivity contribution in [1.82, 2.24) is 4.90 Å². The Balaban J connectivity index is 2.69. The van der Waals surface area contributed by atoms with E-state index in [0.29, 0.717) is 13.0 Å². The van der Waals surface area contributed by atoms with E-state index in [0.717, 1.165) is 6.42 Å². The largest absolute Gasteiger partial charge is 0.458 e. The van der Waals surface area contributed by atoms with Crippen molar-refractivity contribution < 1.29 is 14.3 Å². The predicted octanol–water partition coefficient (Wildman–Crippen LogP) is 0.952. The summed E-state index contributed by atoms with van der Waals surface area (Å²) in [6.45, 7) is 5.93. The molecule has 4 heteroatoms. The molecule has 0 aromatic heterocycles. The summed E-state index contributed by atoms with van der Waals surface area (Å²) >= 11 is 0. The molecule has 1 aliphatic rings.